The molecule has 0 aromatic heterocycles. The van der Waals surface area contributed by atoms with Gasteiger partial charge in [0, 0.05) is 25.3 Å². The molecule has 1 aromatic rings. The van der Waals surface area contributed by atoms with Gasteiger partial charge in [-0.25, -0.2) is 0 Å². The van der Waals surface area contributed by atoms with E-state index in [0.717, 1.165) is 6.42 Å². The normalized spacial score (nSPS) is 18.7. The summed E-state index contributed by atoms with van der Waals surface area (Å²) in [6.45, 7) is 2.26. The number of benzene rings is 1. The van der Waals surface area contributed by atoms with E-state index in [2.05, 4.69) is 37.3 Å². The highest BCUT2D eigenvalue weighted by molar-refractivity contribution is 6.70. The van der Waals surface area contributed by atoms with Gasteiger partial charge in [-0.05, 0) is 24.8 Å². The lowest BCUT2D eigenvalue weighted by molar-refractivity contribution is 0.214. The van der Waals surface area contributed by atoms with Crippen LogP contribution in [0.3, 0.4) is 0 Å². The third-order valence-corrected chi connectivity index (χ3v) is 9.36. The van der Waals surface area contributed by atoms with Gasteiger partial charge in [-0.15, -0.1) is 0 Å². The molecule has 0 bridgehead atoms. The molecule has 3 heteroatoms. The fourth-order valence-corrected chi connectivity index (χ4v) is 8.16. The van der Waals surface area contributed by atoms with Crippen molar-refractivity contribution < 1.29 is 8.85 Å². The molecule has 0 heterocycles. The summed E-state index contributed by atoms with van der Waals surface area (Å²) in [4.78, 5) is 0. The van der Waals surface area contributed by atoms with Crippen LogP contribution in [0.15, 0.2) is 30.3 Å². The Morgan fingerprint density at radius 3 is 2.16 bits per heavy atom. The Hall–Kier alpha value is -0.643. The summed E-state index contributed by atoms with van der Waals surface area (Å²) in [6.07, 6.45) is 6.30. The first-order valence-electron chi connectivity index (χ1n) is 7.43. The van der Waals surface area contributed by atoms with Crippen molar-refractivity contribution in [3.8, 4) is 0 Å². The van der Waals surface area contributed by atoms with Gasteiger partial charge in [0.2, 0.25) is 0 Å². The van der Waals surface area contributed by atoms with E-state index < -0.39 is 8.56 Å². The lowest BCUT2D eigenvalue weighted by Crippen LogP contribution is -2.50. The molecule has 0 saturated heterocycles. The van der Waals surface area contributed by atoms with Gasteiger partial charge < -0.3 is 8.85 Å². The van der Waals surface area contributed by atoms with Crippen molar-refractivity contribution in [2.24, 2.45) is 0 Å². The Bertz CT molecular complexity index is 370. The van der Waals surface area contributed by atoms with E-state index in [4.69, 9.17) is 8.85 Å². The first-order valence-corrected chi connectivity index (χ1v) is 9.40. The highest BCUT2D eigenvalue weighted by atomic mass is 28.4. The molecule has 1 unspecified atom stereocenters. The Morgan fingerprint density at radius 2 is 1.68 bits per heavy atom. The fourth-order valence-electron chi connectivity index (χ4n) is 3.75. The van der Waals surface area contributed by atoms with Gasteiger partial charge in [-0.2, -0.15) is 0 Å². The van der Waals surface area contributed by atoms with Crippen LogP contribution in [0.1, 0.15) is 50.1 Å². The standard InChI is InChI=1S/C16H26O2Si/c1-4-16(14-10-6-5-7-11-14)19(17-2,18-3)15-12-8-9-13-15/h5-7,10-11,15-16H,4,8-9,12-13H2,1-3H3. The molecule has 1 fully saturated rings. The van der Waals surface area contributed by atoms with Gasteiger partial charge in [0.1, 0.15) is 0 Å². The maximum absolute atomic E-state index is 6.10. The first-order chi connectivity index (χ1) is 9.28. The third-order valence-electron chi connectivity index (χ3n) is 4.66. The van der Waals surface area contributed by atoms with E-state index in [9.17, 15) is 0 Å². The SMILES string of the molecule is CCC(c1ccccc1)[Si](OC)(OC)C1CCCC1. The summed E-state index contributed by atoms with van der Waals surface area (Å²) >= 11 is 0. The molecule has 1 saturated carbocycles. The molecule has 0 amide bonds. The molecule has 106 valence electrons. The van der Waals surface area contributed by atoms with Gasteiger partial charge in [0.25, 0.3) is 0 Å². The van der Waals surface area contributed by atoms with Gasteiger partial charge in [-0.1, -0.05) is 50.1 Å². The Morgan fingerprint density at radius 1 is 1.11 bits per heavy atom. The first kappa shape index (κ1) is 14.8. The molecule has 0 spiro atoms. The zero-order valence-electron chi connectivity index (χ0n) is 12.4. The second-order valence-corrected chi connectivity index (χ2v) is 9.26. The molecule has 0 aliphatic heterocycles. The third kappa shape index (κ3) is 2.78. The molecular formula is C16H26O2Si. The van der Waals surface area contributed by atoms with Crippen molar-refractivity contribution in [3.05, 3.63) is 35.9 Å². The second kappa shape index (κ2) is 6.68. The average molecular weight is 278 g/mol. The van der Waals surface area contributed by atoms with Gasteiger partial charge in [0.15, 0.2) is 0 Å². The highest BCUT2D eigenvalue weighted by Crippen LogP contribution is 2.46. The predicted octanol–water partition coefficient (Wildman–Crippen LogP) is 4.40. The van der Waals surface area contributed by atoms with E-state index in [1.54, 1.807) is 0 Å². The second-order valence-electron chi connectivity index (χ2n) is 5.48. The van der Waals surface area contributed by atoms with Crippen molar-refractivity contribution in [2.75, 3.05) is 14.2 Å². The van der Waals surface area contributed by atoms with Crippen LogP contribution in [0.25, 0.3) is 0 Å². The molecule has 1 aromatic carbocycles. The van der Waals surface area contributed by atoms with Crippen LogP contribution in [0.4, 0.5) is 0 Å². The molecule has 2 nitrogen and oxygen atoms in total. The minimum absolute atomic E-state index is 0.437. The summed E-state index contributed by atoms with van der Waals surface area (Å²) < 4.78 is 12.2. The lowest BCUT2D eigenvalue weighted by atomic mass is 10.1. The largest absolute Gasteiger partial charge is 0.397 e. The van der Waals surface area contributed by atoms with Crippen molar-refractivity contribution in [1.82, 2.24) is 0 Å². The zero-order valence-corrected chi connectivity index (χ0v) is 13.4. The highest BCUT2D eigenvalue weighted by Gasteiger charge is 2.51. The fraction of sp³-hybridized carbons (Fsp3) is 0.625. The summed E-state index contributed by atoms with van der Waals surface area (Å²) in [7, 11) is 1.54. The number of hydrogen-bond acceptors (Lipinski definition) is 2. The van der Waals surface area contributed by atoms with E-state index in [1.807, 2.05) is 14.2 Å². The lowest BCUT2D eigenvalue weighted by Gasteiger charge is -2.39. The van der Waals surface area contributed by atoms with Crippen LogP contribution in [0.5, 0.6) is 0 Å². The number of rotatable bonds is 6. The van der Waals surface area contributed by atoms with Crippen molar-refractivity contribution in [2.45, 2.75) is 50.1 Å². The van der Waals surface area contributed by atoms with Gasteiger partial charge in [0.05, 0.1) is 0 Å². The maximum Gasteiger partial charge on any atom is 0.348 e. The molecule has 0 radical (unpaired) electrons. The van der Waals surface area contributed by atoms with E-state index >= 15 is 0 Å². The predicted molar refractivity (Wildman–Crippen MR) is 81.5 cm³/mol. The van der Waals surface area contributed by atoms with E-state index in [-0.39, 0.29) is 0 Å². The molecule has 0 N–H and O–H groups in total. The minimum atomic E-state index is -2.18. The van der Waals surface area contributed by atoms with Crippen molar-refractivity contribution in [3.63, 3.8) is 0 Å². The number of hydrogen-bond donors (Lipinski definition) is 0. The van der Waals surface area contributed by atoms with Gasteiger partial charge >= 0.3 is 8.56 Å². The average Bonchev–Trinajstić information content (AvgIpc) is 3.00. The van der Waals surface area contributed by atoms with E-state index in [0.29, 0.717) is 11.1 Å². The van der Waals surface area contributed by atoms with Crippen LogP contribution < -0.4 is 0 Å². The Balaban J connectivity index is 2.35. The van der Waals surface area contributed by atoms with Crippen LogP contribution in [-0.2, 0) is 8.85 Å². The molecule has 1 aliphatic carbocycles. The topological polar surface area (TPSA) is 18.5 Å². The zero-order chi connectivity index (χ0) is 13.7. The molecular weight excluding hydrogens is 252 g/mol. The summed E-state index contributed by atoms with van der Waals surface area (Å²) in [5.41, 5.74) is 2.46. The smallest absolute Gasteiger partial charge is 0.348 e. The molecule has 1 atom stereocenters. The van der Waals surface area contributed by atoms with Crippen LogP contribution in [-0.4, -0.2) is 22.8 Å². The monoisotopic (exact) mass is 278 g/mol. The Labute approximate surface area is 118 Å². The van der Waals surface area contributed by atoms with Crippen molar-refractivity contribution in [1.29, 1.82) is 0 Å². The van der Waals surface area contributed by atoms with Crippen molar-refractivity contribution >= 4 is 8.56 Å². The minimum Gasteiger partial charge on any atom is -0.397 e. The molecule has 2 rings (SSSR count). The summed E-state index contributed by atoms with van der Waals surface area (Å²) in [6, 6.07) is 10.8. The summed E-state index contributed by atoms with van der Waals surface area (Å²) in [5, 5.41) is 0. The van der Waals surface area contributed by atoms with Gasteiger partial charge in [-0.3, -0.25) is 0 Å². The maximum atomic E-state index is 6.10. The van der Waals surface area contributed by atoms with Crippen LogP contribution >= 0.6 is 0 Å². The van der Waals surface area contributed by atoms with E-state index in [1.165, 1.54) is 31.2 Å². The molecule has 19 heavy (non-hydrogen) atoms. The Kier molecular flexibility index (Phi) is 5.19. The van der Waals surface area contributed by atoms with Crippen LogP contribution in [0, 0.1) is 0 Å². The molecule has 1 aliphatic rings. The quantitative estimate of drug-likeness (QED) is 0.718. The van der Waals surface area contributed by atoms with Crippen LogP contribution in [0.2, 0.25) is 5.54 Å². The summed E-state index contributed by atoms with van der Waals surface area (Å²) in [5.74, 6) is 0.